The van der Waals surface area contributed by atoms with E-state index < -0.39 is 0 Å². The van der Waals surface area contributed by atoms with E-state index in [0.717, 1.165) is 17.3 Å². The van der Waals surface area contributed by atoms with Crippen LogP contribution in [0.2, 0.25) is 0 Å². The predicted molar refractivity (Wildman–Crippen MR) is 78.6 cm³/mol. The standard InChI is InChI=1S/C16H15BrFN/c17-14-5-6-16(18)13(7-14)10-19-15-8-11-3-1-2-4-12(11)9-15/h1-7,15,19H,8-10H2. The first-order valence-electron chi connectivity index (χ1n) is 6.46. The molecule has 0 radical (unpaired) electrons. The maximum absolute atomic E-state index is 13.6. The molecular weight excluding hydrogens is 305 g/mol. The van der Waals surface area contributed by atoms with E-state index >= 15 is 0 Å². The summed E-state index contributed by atoms with van der Waals surface area (Å²) in [5, 5.41) is 3.45. The van der Waals surface area contributed by atoms with Crippen molar-refractivity contribution in [1.82, 2.24) is 5.32 Å². The van der Waals surface area contributed by atoms with Gasteiger partial charge in [0.1, 0.15) is 5.82 Å². The Balaban J connectivity index is 1.64. The van der Waals surface area contributed by atoms with Crippen LogP contribution in [0.4, 0.5) is 4.39 Å². The van der Waals surface area contributed by atoms with Crippen LogP contribution in [0.25, 0.3) is 0 Å². The molecule has 1 N–H and O–H groups in total. The largest absolute Gasteiger partial charge is 0.309 e. The molecule has 0 saturated carbocycles. The molecule has 0 aromatic heterocycles. The van der Waals surface area contributed by atoms with Crippen molar-refractivity contribution in [2.24, 2.45) is 0 Å². The van der Waals surface area contributed by atoms with Gasteiger partial charge in [-0.25, -0.2) is 4.39 Å². The highest BCUT2D eigenvalue weighted by molar-refractivity contribution is 9.10. The summed E-state index contributed by atoms with van der Waals surface area (Å²) in [7, 11) is 0. The van der Waals surface area contributed by atoms with Crippen LogP contribution in [0, 0.1) is 5.82 Å². The van der Waals surface area contributed by atoms with E-state index in [4.69, 9.17) is 0 Å². The van der Waals surface area contributed by atoms with Crippen LogP contribution in [0.3, 0.4) is 0 Å². The van der Waals surface area contributed by atoms with Crippen LogP contribution in [-0.2, 0) is 19.4 Å². The lowest BCUT2D eigenvalue weighted by Gasteiger charge is -2.12. The Morgan fingerprint density at radius 1 is 1.11 bits per heavy atom. The molecule has 0 aliphatic heterocycles. The molecule has 98 valence electrons. The average molecular weight is 320 g/mol. The number of fused-ring (bicyclic) bond motifs is 1. The maximum Gasteiger partial charge on any atom is 0.127 e. The van der Waals surface area contributed by atoms with E-state index in [-0.39, 0.29) is 5.82 Å². The fourth-order valence-corrected chi connectivity index (χ4v) is 3.04. The van der Waals surface area contributed by atoms with E-state index in [2.05, 4.69) is 45.5 Å². The summed E-state index contributed by atoms with van der Waals surface area (Å²) in [6.07, 6.45) is 2.07. The van der Waals surface area contributed by atoms with Crippen molar-refractivity contribution in [3.8, 4) is 0 Å². The second kappa shape index (κ2) is 5.43. The number of halogens is 2. The van der Waals surface area contributed by atoms with E-state index in [1.807, 2.05) is 6.07 Å². The quantitative estimate of drug-likeness (QED) is 0.906. The number of hydrogen-bond donors (Lipinski definition) is 1. The van der Waals surface area contributed by atoms with Gasteiger partial charge in [0.05, 0.1) is 0 Å². The van der Waals surface area contributed by atoms with Gasteiger partial charge in [-0.2, -0.15) is 0 Å². The summed E-state index contributed by atoms with van der Waals surface area (Å²) in [5.41, 5.74) is 3.54. The Morgan fingerprint density at radius 2 is 1.79 bits per heavy atom. The zero-order chi connectivity index (χ0) is 13.2. The molecule has 0 saturated heterocycles. The predicted octanol–water partition coefficient (Wildman–Crippen LogP) is 3.85. The first kappa shape index (κ1) is 12.8. The van der Waals surface area contributed by atoms with Gasteiger partial charge in [0.25, 0.3) is 0 Å². The molecule has 3 heteroatoms. The number of nitrogens with one attached hydrogen (secondary N) is 1. The Labute approximate surface area is 121 Å². The van der Waals surface area contributed by atoms with Crippen LogP contribution in [0.1, 0.15) is 16.7 Å². The Kier molecular flexibility index (Phi) is 3.67. The summed E-state index contributed by atoms with van der Waals surface area (Å²) in [4.78, 5) is 0. The van der Waals surface area contributed by atoms with Crippen LogP contribution >= 0.6 is 15.9 Å². The highest BCUT2D eigenvalue weighted by Crippen LogP contribution is 2.22. The molecule has 0 heterocycles. The summed E-state index contributed by atoms with van der Waals surface area (Å²) >= 11 is 3.38. The summed E-state index contributed by atoms with van der Waals surface area (Å²) in [6.45, 7) is 0.573. The van der Waals surface area contributed by atoms with Gasteiger partial charge in [-0.3, -0.25) is 0 Å². The van der Waals surface area contributed by atoms with E-state index in [0.29, 0.717) is 18.2 Å². The first-order valence-corrected chi connectivity index (χ1v) is 7.26. The number of benzene rings is 2. The lowest BCUT2D eigenvalue weighted by molar-refractivity contribution is 0.515. The van der Waals surface area contributed by atoms with Crippen LogP contribution in [0.15, 0.2) is 46.9 Å². The highest BCUT2D eigenvalue weighted by Gasteiger charge is 2.20. The van der Waals surface area contributed by atoms with Gasteiger partial charge in [0.15, 0.2) is 0 Å². The minimum Gasteiger partial charge on any atom is -0.309 e. The third-order valence-electron chi connectivity index (χ3n) is 3.64. The van der Waals surface area contributed by atoms with Gasteiger partial charge in [-0.05, 0) is 42.2 Å². The van der Waals surface area contributed by atoms with Gasteiger partial charge < -0.3 is 5.32 Å². The Hall–Kier alpha value is -1.19. The first-order chi connectivity index (χ1) is 9.22. The van der Waals surface area contributed by atoms with Crippen molar-refractivity contribution in [1.29, 1.82) is 0 Å². The molecule has 1 aliphatic carbocycles. The van der Waals surface area contributed by atoms with E-state index in [1.165, 1.54) is 17.2 Å². The van der Waals surface area contributed by atoms with Crippen molar-refractivity contribution in [3.05, 3.63) is 69.4 Å². The van der Waals surface area contributed by atoms with Crippen LogP contribution in [-0.4, -0.2) is 6.04 Å². The molecule has 0 amide bonds. The van der Waals surface area contributed by atoms with Crippen molar-refractivity contribution >= 4 is 15.9 Å². The van der Waals surface area contributed by atoms with E-state index in [1.54, 1.807) is 6.07 Å². The van der Waals surface area contributed by atoms with Gasteiger partial charge in [0, 0.05) is 22.6 Å². The molecule has 1 nitrogen and oxygen atoms in total. The Morgan fingerprint density at radius 3 is 2.47 bits per heavy atom. The fourth-order valence-electron chi connectivity index (χ4n) is 2.64. The van der Waals surface area contributed by atoms with Gasteiger partial charge >= 0.3 is 0 Å². The summed E-state index contributed by atoms with van der Waals surface area (Å²) in [5.74, 6) is -0.147. The van der Waals surface area contributed by atoms with Crippen molar-refractivity contribution in [2.45, 2.75) is 25.4 Å². The summed E-state index contributed by atoms with van der Waals surface area (Å²) in [6, 6.07) is 14.0. The second-order valence-electron chi connectivity index (χ2n) is 4.99. The molecule has 0 fully saturated rings. The molecular formula is C16H15BrFN. The van der Waals surface area contributed by atoms with Gasteiger partial charge in [0.2, 0.25) is 0 Å². The third-order valence-corrected chi connectivity index (χ3v) is 4.13. The molecule has 2 aromatic carbocycles. The van der Waals surface area contributed by atoms with Crippen LogP contribution in [0.5, 0.6) is 0 Å². The fraction of sp³-hybridized carbons (Fsp3) is 0.250. The third kappa shape index (κ3) is 2.88. The number of rotatable bonds is 3. The number of hydrogen-bond acceptors (Lipinski definition) is 1. The zero-order valence-corrected chi connectivity index (χ0v) is 12.1. The van der Waals surface area contributed by atoms with Gasteiger partial charge in [-0.1, -0.05) is 40.2 Å². The zero-order valence-electron chi connectivity index (χ0n) is 10.5. The topological polar surface area (TPSA) is 12.0 Å². The molecule has 2 aromatic rings. The molecule has 3 rings (SSSR count). The minimum atomic E-state index is -0.147. The van der Waals surface area contributed by atoms with Crippen molar-refractivity contribution in [3.63, 3.8) is 0 Å². The lowest BCUT2D eigenvalue weighted by Crippen LogP contribution is -2.29. The molecule has 0 atom stereocenters. The smallest absolute Gasteiger partial charge is 0.127 e. The monoisotopic (exact) mass is 319 g/mol. The molecule has 0 bridgehead atoms. The van der Waals surface area contributed by atoms with Crippen LogP contribution < -0.4 is 5.32 Å². The Bertz CT molecular complexity index is 572. The SMILES string of the molecule is Fc1ccc(Br)cc1CNC1Cc2ccccc2C1. The maximum atomic E-state index is 13.6. The minimum absolute atomic E-state index is 0.147. The van der Waals surface area contributed by atoms with Crippen molar-refractivity contribution in [2.75, 3.05) is 0 Å². The molecule has 0 unspecified atom stereocenters. The molecule has 0 spiro atoms. The lowest BCUT2D eigenvalue weighted by atomic mass is 10.1. The van der Waals surface area contributed by atoms with Crippen molar-refractivity contribution < 1.29 is 4.39 Å². The molecule has 1 aliphatic rings. The highest BCUT2D eigenvalue weighted by atomic mass is 79.9. The summed E-state index contributed by atoms with van der Waals surface area (Å²) < 4.78 is 14.6. The second-order valence-corrected chi connectivity index (χ2v) is 5.91. The normalized spacial score (nSPS) is 14.6. The molecule has 19 heavy (non-hydrogen) atoms. The van der Waals surface area contributed by atoms with E-state index in [9.17, 15) is 4.39 Å². The average Bonchev–Trinajstić information content (AvgIpc) is 2.82. The van der Waals surface area contributed by atoms with Gasteiger partial charge in [-0.15, -0.1) is 0 Å².